The van der Waals surface area contributed by atoms with Crippen LogP contribution >= 0.6 is 24.0 Å². The lowest BCUT2D eigenvalue weighted by molar-refractivity contribution is 0.117. The predicted octanol–water partition coefficient (Wildman–Crippen LogP) is 3.26. The van der Waals surface area contributed by atoms with E-state index in [1.54, 1.807) is 6.20 Å². The van der Waals surface area contributed by atoms with Gasteiger partial charge in [-0.3, -0.25) is 4.99 Å². The average molecular weight is 485 g/mol. The number of ether oxygens (including phenoxy) is 1. The summed E-state index contributed by atoms with van der Waals surface area (Å²) in [4.78, 5) is 4.55. The van der Waals surface area contributed by atoms with Crippen LogP contribution < -0.4 is 10.6 Å². The summed E-state index contributed by atoms with van der Waals surface area (Å²) in [6, 6.07) is 10.4. The van der Waals surface area contributed by atoms with E-state index >= 15 is 0 Å². The molecule has 6 nitrogen and oxygen atoms in total. The molecule has 0 bridgehead atoms. The fourth-order valence-corrected chi connectivity index (χ4v) is 2.44. The number of rotatable bonds is 10. The van der Waals surface area contributed by atoms with Crippen molar-refractivity contribution >= 4 is 29.9 Å². The molecule has 2 N–H and O–H groups in total. The molecular formula is C20H32IN5O. The summed E-state index contributed by atoms with van der Waals surface area (Å²) in [6.45, 7) is 10.2. The largest absolute Gasteiger partial charge is 0.379 e. The molecule has 1 aromatic carbocycles. The van der Waals surface area contributed by atoms with E-state index in [1.807, 2.05) is 16.9 Å². The lowest BCUT2D eigenvalue weighted by Crippen LogP contribution is -2.38. The third-order valence-corrected chi connectivity index (χ3v) is 3.71. The second-order valence-corrected chi connectivity index (χ2v) is 6.52. The quantitative estimate of drug-likeness (QED) is 0.235. The smallest absolute Gasteiger partial charge is 0.191 e. The normalized spacial score (nSPS) is 11.3. The third kappa shape index (κ3) is 9.23. The second kappa shape index (κ2) is 13.5. The monoisotopic (exact) mass is 485 g/mol. The van der Waals surface area contributed by atoms with Gasteiger partial charge in [0.2, 0.25) is 0 Å². The maximum atomic E-state index is 5.57. The van der Waals surface area contributed by atoms with Crippen LogP contribution in [0.1, 0.15) is 26.3 Å². The number of nitrogens with zero attached hydrogens (tertiary/aromatic N) is 3. The van der Waals surface area contributed by atoms with Crippen LogP contribution in [-0.2, 0) is 11.2 Å². The number of hydrogen-bond donors (Lipinski definition) is 2. The molecule has 150 valence electrons. The molecule has 0 unspecified atom stereocenters. The van der Waals surface area contributed by atoms with Gasteiger partial charge in [0.25, 0.3) is 0 Å². The van der Waals surface area contributed by atoms with Gasteiger partial charge >= 0.3 is 0 Å². The predicted molar refractivity (Wildman–Crippen MR) is 122 cm³/mol. The van der Waals surface area contributed by atoms with Gasteiger partial charge in [-0.2, -0.15) is 5.10 Å². The molecule has 0 aliphatic carbocycles. The maximum absolute atomic E-state index is 5.57. The summed E-state index contributed by atoms with van der Waals surface area (Å²) in [5.41, 5.74) is 2.35. The van der Waals surface area contributed by atoms with Crippen molar-refractivity contribution in [3.63, 3.8) is 0 Å². The second-order valence-electron chi connectivity index (χ2n) is 6.52. The Morgan fingerprint density at radius 2 is 2.00 bits per heavy atom. The van der Waals surface area contributed by atoms with E-state index in [9.17, 15) is 0 Å². The van der Waals surface area contributed by atoms with Gasteiger partial charge in [-0.1, -0.05) is 26.0 Å². The number of aliphatic imine (C=N–C) groups is 1. The van der Waals surface area contributed by atoms with Crippen molar-refractivity contribution in [2.75, 3.05) is 32.8 Å². The molecule has 0 aliphatic rings. The first-order chi connectivity index (χ1) is 12.7. The van der Waals surface area contributed by atoms with Gasteiger partial charge in [0, 0.05) is 32.1 Å². The van der Waals surface area contributed by atoms with E-state index < -0.39 is 0 Å². The van der Waals surface area contributed by atoms with Gasteiger partial charge in [0.1, 0.15) is 0 Å². The maximum Gasteiger partial charge on any atom is 0.191 e. The minimum Gasteiger partial charge on any atom is -0.379 e. The first kappa shape index (κ1) is 23.4. The van der Waals surface area contributed by atoms with Gasteiger partial charge in [0.15, 0.2) is 5.96 Å². The standard InChI is InChI=1S/C20H31N5O.HI/c1-4-21-20(23-13-15-26-16-17(2)3)22-12-10-18-6-8-19(9-7-18)25-14-5-11-24-25;/h5-9,11,14,17H,4,10,12-13,15-16H2,1-3H3,(H2,21,22,23);1H. The van der Waals surface area contributed by atoms with Gasteiger partial charge in [-0.05, 0) is 43.0 Å². The number of aromatic nitrogens is 2. The summed E-state index contributed by atoms with van der Waals surface area (Å²) in [6.07, 6.45) is 4.67. The molecule has 0 fully saturated rings. The van der Waals surface area contributed by atoms with E-state index in [-0.39, 0.29) is 24.0 Å². The SMILES string of the molecule is CCNC(=NCCOCC(C)C)NCCc1ccc(-n2cccn2)cc1.I. The molecule has 2 aromatic rings. The zero-order valence-corrected chi connectivity index (χ0v) is 18.8. The Morgan fingerprint density at radius 3 is 2.63 bits per heavy atom. The third-order valence-electron chi connectivity index (χ3n) is 3.71. The van der Waals surface area contributed by atoms with Crippen molar-refractivity contribution in [1.82, 2.24) is 20.4 Å². The van der Waals surface area contributed by atoms with Crippen LogP contribution in [-0.4, -0.2) is 48.6 Å². The average Bonchev–Trinajstić information content (AvgIpc) is 3.16. The molecule has 27 heavy (non-hydrogen) atoms. The van der Waals surface area contributed by atoms with Crippen LogP contribution in [0, 0.1) is 5.92 Å². The van der Waals surface area contributed by atoms with Crippen LogP contribution in [0.2, 0.25) is 0 Å². The molecule has 0 saturated heterocycles. The highest BCUT2D eigenvalue weighted by Crippen LogP contribution is 2.08. The van der Waals surface area contributed by atoms with Crippen LogP contribution in [0.4, 0.5) is 0 Å². The van der Waals surface area contributed by atoms with Gasteiger partial charge < -0.3 is 15.4 Å². The molecular weight excluding hydrogens is 453 g/mol. The van der Waals surface area contributed by atoms with Gasteiger partial charge in [-0.15, -0.1) is 24.0 Å². The molecule has 0 atom stereocenters. The lowest BCUT2D eigenvalue weighted by atomic mass is 10.1. The van der Waals surface area contributed by atoms with Gasteiger partial charge in [0.05, 0.1) is 18.8 Å². The number of guanidine groups is 1. The Kier molecular flexibility index (Phi) is 11.8. The zero-order chi connectivity index (χ0) is 18.6. The van der Waals surface area contributed by atoms with Crippen molar-refractivity contribution in [2.45, 2.75) is 27.2 Å². The van der Waals surface area contributed by atoms with Gasteiger partial charge in [-0.25, -0.2) is 4.68 Å². The van der Waals surface area contributed by atoms with Crippen LogP contribution in [0.5, 0.6) is 0 Å². The molecule has 0 spiro atoms. The minimum absolute atomic E-state index is 0. The molecule has 1 aromatic heterocycles. The summed E-state index contributed by atoms with van der Waals surface area (Å²) >= 11 is 0. The highest BCUT2D eigenvalue weighted by atomic mass is 127. The molecule has 1 heterocycles. The van der Waals surface area contributed by atoms with Crippen LogP contribution in [0.25, 0.3) is 5.69 Å². The van der Waals surface area contributed by atoms with E-state index in [2.05, 4.69) is 65.8 Å². The number of nitrogens with one attached hydrogen (secondary N) is 2. The van der Waals surface area contributed by atoms with E-state index in [0.717, 1.165) is 37.8 Å². The Bertz CT molecular complexity index is 641. The summed E-state index contributed by atoms with van der Waals surface area (Å²) in [5, 5.41) is 10.9. The van der Waals surface area contributed by atoms with Crippen molar-refractivity contribution in [3.8, 4) is 5.69 Å². The van der Waals surface area contributed by atoms with E-state index in [1.165, 1.54) is 5.56 Å². The first-order valence-corrected chi connectivity index (χ1v) is 9.38. The van der Waals surface area contributed by atoms with Crippen molar-refractivity contribution in [3.05, 3.63) is 48.3 Å². The fourth-order valence-electron chi connectivity index (χ4n) is 2.44. The van der Waals surface area contributed by atoms with Crippen LogP contribution in [0.15, 0.2) is 47.7 Å². The molecule has 7 heteroatoms. The zero-order valence-electron chi connectivity index (χ0n) is 16.5. The first-order valence-electron chi connectivity index (χ1n) is 9.38. The molecule has 0 aliphatic heterocycles. The highest BCUT2D eigenvalue weighted by Gasteiger charge is 2.00. The highest BCUT2D eigenvalue weighted by molar-refractivity contribution is 14.0. The Hall–Kier alpha value is -1.61. The summed E-state index contributed by atoms with van der Waals surface area (Å²) < 4.78 is 7.43. The Balaban J connectivity index is 0.00000364. The minimum atomic E-state index is 0. The van der Waals surface area contributed by atoms with Crippen molar-refractivity contribution in [2.24, 2.45) is 10.9 Å². The van der Waals surface area contributed by atoms with E-state index in [0.29, 0.717) is 19.1 Å². The van der Waals surface area contributed by atoms with E-state index in [4.69, 9.17) is 4.74 Å². The molecule has 2 rings (SSSR count). The summed E-state index contributed by atoms with van der Waals surface area (Å²) in [7, 11) is 0. The lowest BCUT2D eigenvalue weighted by Gasteiger charge is -2.12. The fraction of sp³-hybridized carbons (Fsp3) is 0.500. The molecule has 0 radical (unpaired) electrons. The Labute approximate surface area is 179 Å². The topological polar surface area (TPSA) is 63.5 Å². The number of benzene rings is 1. The molecule has 0 saturated carbocycles. The number of hydrogen-bond acceptors (Lipinski definition) is 3. The Morgan fingerprint density at radius 1 is 1.22 bits per heavy atom. The summed E-state index contributed by atoms with van der Waals surface area (Å²) in [5.74, 6) is 1.40. The van der Waals surface area contributed by atoms with Crippen molar-refractivity contribution < 1.29 is 4.74 Å². The van der Waals surface area contributed by atoms with Crippen molar-refractivity contribution in [1.29, 1.82) is 0 Å². The van der Waals surface area contributed by atoms with Crippen LogP contribution in [0.3, 0.4) is 0 Å². The number of halogens is 1. The molecule has 0 amide bonds.